The lowest BCUT2D eigenvalue weighted by atomic mass is 10.0. The van der Waals surface area contributed by atoms with Crippen molar-refractivity contribution in [2.45, 2.75) is 19.4 Å². The Morgan fingerprint density at radius 2 is 1.61 bits per heavy atom. The number of hydrogen-bond acceptors (Lipinski definition) is 5. The molecule has 0 atom stereocenters. The van der Waals surface area contributed by atoms with E-state index < -0.39 is 4.92 Å². The Bertz CT molecular complexity index is 1280. The number of rotatable bonds is 10. The highest BCUT2D eigenvalue weighted by Crippen LogP contribution is 2.27. The summed E-state index contributed by atoms with van der Waals surface area (Å²) in [7, 11) is 0. The molecule has 7 nitrogen and oxygen atoms in total. The monoisotopic (exact) mass is 443 g/mol. The van der Waals surface area contributed by atoms with Crippen molar-refractivity contribution in [2.24, 2.45) is 0 Å². The van der Waals surface area contributed by atoms with Crippen LogP contribution in [0.5, 0.6) is 5.75 Å². The molecule has 0 amide bonds. The van der Waals surface area contributed by atoms with Crippen molar-refractivity contribution < 1.29 is 9.66 Å². The van der Waals surface area contributed by atoms with E-state index in [1.807, 2.05) is 48.5 Å². The summed E-state index contributed by atoms with van der Waals surface area (Å²) in [6.07, 6.45) is 1.58. The van der Waals surface area contributed by atoms with Crippen molar-refractivity contribution in [3.8, 4) is 5.75 Å². The van der Waals surface area contributed by atoms with Gasteiger partial charge in [0, 0.05) is 23.6 Å². The maximum atomic E-state index is 12.0. The molecule has 0 saturated heterocycles. The minimum atomic E-state index is -0.391. The Labute approximate surface area is 191 Å². The molecule has 0 spiro atoms. The number of non-ortho nitro benzene ring substituents is 1. The van der Waals surface area contributed by atoms with E-state index >= 15 is 0 Å². The van der Waals surface area contributed by atoms with E-state index in [4.69, 9.17) is 4.74 Å². The van der Waals surface area contributed by atoms with Gasteiger partial charge < -0.3 is 15.0 Å². The fraction of sp³-hybridized carbons (Fsp3) is 0.192. The number of hydrogen-bond donors (Lipinski definition) is 2. The van der Waals surface area contributed by atoms with Crippen LogP contribution in [0.1, 0.15) is 16.7 Å². The highest BCUT2D eigenvalue weighted by Gasteiger charge is 2.09. The van der Waals surface area contributed by atoms with Crippen molar-refractivity contribution in [2.75, 3.05) is 13.1 Å². The molecule has 33 heavy (non-hydrogen) atoms. The van der Waals surface area contributed by atoms with Crippen LogP contribution in [-0.2, 0) is 19.4 Å². The van der Waals surface area contributed by atoms with Crippen molar-refractivity contribution in [1.82, 2.24) is 10.3 Å². The first-order valence-electron chi connectivity index (χ1n) is 10.9. The van der Waals surface area contributed by atoms with Crippen LogP contribution < -0.4 is 15.6 Å². The molecular formula is C26H25N3O4. The first-order chi connectivity index (χ1) is 16.1. The molecule has 4 aromatic rings. The second-order valence-electron chi connectivity index (χ2n) is 7.78. The molecule has 1 aromatic heterocycles. The van der Waals surface area contributed by atoms with E-state index in [0.29, 0.717) is 17.9 Å². The second kappa shape index (κ2) is 10.6. The van der Waals surface area contributed by atoms with Crippen molar-refractivity contribution in [1.29, 1.82) is 0 Å². The molecule has 0 unspecified atom stereocenters. The number of nitrogens with zero attached hydrogens (tertiary/aromatic N) is 1. The van der Waals surface area contributed by atoms with E-state index in [1.165, 1.54) is 18.2 Å². The predicted octanol–water partition coefficient (Wildman–Crippen LogP) is 4.39. The fourth-order valence-corrected chi connectivity index (χ4v) is 3.72. The summed E-state index contributed by atoms with van der Waals surface area (Å²) in [5.74, 6) is 0.654. The number of nitrogens with one attached hydrogen (secondary N) is 2. The molecule has 1 heterocycles. The van der Waals surface area contributed by atoms with Crippen LogP contribution in [0.2, 0.25) is 0 Å². The van der Waals surface area contributed by atoms with E-state index in [2.05, 4.69) is 10.3 Å². The lowest BCUT2D eigenvalue weighted by molar-refractivity contribution is -0.384. The van der Waals surface area contributed by atoms with E-state index in [0.717, 1.165) is 48.0 Å². The largest absolute Gasteiger partial charge is 0.487 e. The number of ether oxygens (including phenoxy) is 1. The lowest BCUT2D eigenvalue weighted by Crippen LogP contribution is -2.20. The molecule has 2 N–H and O–H groups in total. The molecule has 0 bridgehead atoms. The molecule has 0 radical (unpaired) electrons. The first-order valence-corrected chi connectivity index (χ1v) is 10.9. The Morgan fingerprint density at radius 3 is 2.36 bits per heavy atom. The molecular weight excluding hydrogens is 418 g/mol. The van der Waals surface area contributed by atoms with Crippen molar-refractivity contribution in [3.63, 3.8) is 0 Å². The molecule has 0 fully saturated rings. The average molecular weight is 444 g/mol. The van der Waals surface area contributed by atoms with Crippen molar-refractivity contribution >= 4 is 16.6 Å². The number of nitro benzene ring substituents is 1. The molecule has 0 aliphatic heterocycles. The zero-order valence-electron chi connectivity index (χ0n) is 18.1. The zero-order chi connectivity index (χ0) is 23.0. The molecule has 0 aliphatic rings. The third-order valence-electron chi connectivity index (χ3n) is 5.49. The van der Waals surface area contributed by atoms with Gasteiger partial charge in [0.05, 0.1) is 10.4 Å². The summed E-state index contributed by atoms with van der Waals surface area (Å²) in [5, 5.41) is 15.1. The number of pyridine rings is 1. The third kappa shape index (κ3) is 5.84. The van der Waals surface area contributed by atoms with Crippen LogP contribution in [0.4, 0.5) is 5.69 Å². The van der Waals surface area contributed by atoms with Crippen LogP contribution in [-0.4, -0.2) is 23.0 Å². The average Bonchev–Trinajstić information content (AvgIpc) is 2.84. The van der Waals surface area contributed by atoms with Gasteiger partial charge in [-0.05, 0) is 54.8 Å². The van der Waals surface area contributed by atoms with Gasteiger partial charge in [-0.25, -0.2) is 0 Å². The highest BCUT2D eigenvalue weighted by atomic mass is 16.6. The number of aromatic amines is 1. The molecule has 4 rings (SSSR count). The number of H-pyrrole nitrogens is 1. The van der Waals surface area contributed by atoms with Crippen LogP contribution in [0, 0.1) is 10.1 Å². The Balaban J connectivity index is 1.36. The topological polar surface area (TPSA) is 97.3 Å². The zero-order valence-corrected chi connectivity index (χ0v) is 18.1. The van der Waals surface area contributed by atoms with Gasteiger partial charge in [-0.2, -0.15) is 0 Å². The maximum absolute atomic E-state index is 12.0. The smallest absolute Gasteiger partial charge is 0.269 e. The number of fused-ring (bicyclic) bond motifs is 1. The minimum Gasteiger partial charge on any atom is -0.487 e. The standard InChI is InChI=1S/C26H25N3O4/c30-25-13-11-23-21(15-17-27-16-14-19-6-9-22(10-7-19)29(31)32)8-12-24(26(23)28-25)33-18-20-4-2-1-3-5-20/h1-13,27H,14-18H2,(H,28,30). The number of aromatic nitrogens is 1. The predicted molar refractivity (Wildman–Crippen MR) is 129 cm³/mol. The molecule has 3 aromatic carbocycles. The van der Waals surface area contributed by atoms with Gasteiger partial charge in [-0.1, -0.05) is 48.5 Å². The molecule has 0 aliphatic carbocycles. The molecule has 7 heteroatoms. The van der Waals surface area contributed by atoms with E-state index in [1.54, 1.807) is 12.1 Å². The van der Waals surface area contributed by atoms with Crippen molar-refractivity contribution in [3.05, 3.63) is 116 Å². The summed E-state index contributed by atoms with van der Waals surface area (Å²) in [6, 6.07) is 23.9. The highest BCUT2D eigenvalue weighted by molar-refractivity contribution is 5.87. The van der Waals surface area contributed by atoms with E-state index in [9.17, 15) is 14.9 Å². The normalized spacial score (nSPS) is 10.9. The quantitative estimate of drug-likeness (QED) is 0.215. The summed E-state index contributed by atoms with van der Waals surface area (Å²) in [5.41, 5.74) is 3.89. The summed E-state index contributed by atoms with van der Waals surface area (Å²) in [6.45, 7) is 1.96. The van der Waals surface area contributed by atoms with E-state index in [-0.39, 0.29) is 11.2 Å². The van der Waals surface area contributed by atoms with Gasteiger partial charge in [-0.15, -0.1) is 0 Å². The third-order valence-corrected chi connectivity index (χ3v) is 5.49. The van der Waals surface area contributed by atoms with Gasteiger partial charge >= 0.3 is 0 Å². The Morgan fingerprint density at radius 1 is 0.848 bits per heavy atom. The SMILES string of the molecule is O=c1ccc2c(CCNCCc3ccc([N+](=O)[O-])cc3)ccc(OCc3ccccc3)c2[nH]1. The molecule has 168 valence electrons. The summed E-state index contributed by atoms with van der Waals surface area (Å²) < 4.78 is 6.00. The van der Waals surface area contributed by atoms with Gasteiger partial charge in [-0.3, -0.25) is 14.9 Å². The Kier molecular flexibility index (Phi) is 7.12. The molecule has 0 saturated carbocycles. The van der Waals surface area contributed by atoms with Gasteiger partial charge in [0.15, 0.2) is 0 Å². The summed E-state index contributed by atoms with van der Waals surface area (Å²) >= 11 is 0. The van der Waals surface area contributed by atoms with Gasteiger partial charge in [0.1, 0.15) is 12.4 Å². The van der Waals surface area contributed by atoms with Gasteiger partial charge in [0.25, 0.3) is 5.69 Å². The summed E-state index contributed by atoms with van der Waals surface area (Å²) in [4.78, 5) is 25.2. The fourth-order valence-electron chi connectivity index (χ4n) is 3.72. The van der Waals surface area contributed by atoms with Crippen LogP contribution >= 0.6 is 0 Å². The van der Waals surface area contributed by atoms with Crippen LogP contribution in [0.3, 0.4) is 0 Å². The number of benzene rings is 3. The maximum Gasteiger partial charge on any atom is 0.269 e. The minimum absolute atomic E-state index is 0.104. The second-order valence-corrected chi connectivity index (χ2v) is 7.78. The Hall–Kier alpha value is -3.97. The lowest BCUT2D eigenvalue weighted by Gasteiger charge is -2.13. The van der Waals surface area contributed by atoms with Crippen LogP contribution in [0.25, 0.3) is 10.9 Å². The number of nitro groups is 1. The van der Waals surface area contributed by atoms with Gasteiger partial charge in [0.2, 0.25) is 5.56 Å². The first kappa shape index (κ1) is 22.2. The van der Waals surface area contributed by atoms with Crippen LogP contribution in [0.15, 0.2) is 83.7 Å².